The predicted octanol–water partition coefficient (Wildman–Crippen LogP) is 1.31. The van der Waals surface area contributed by atoms with E-state index in [2.05, 4.69) is 29.7 Å². The molecule has 2 aliphatic rings. The molecule has 2 aliphatic heterocycles. The van der Waals surface area contributed by atoms with E-state index in [-0.39, 0.29) is 0 Å². The summed E-state index contributed by atoms with van der Waals surface area (Å²) < 4.78 is 0. The molecule has 0 aromatic heterocycles. The summed E-state index contributed by atoms with van der Waals surface area (Å²) in [5.74, 6) is 0. The summed E-state index contributed by atoms with van der Waals surface area (Å²) >= 11 is 0. The van der Waals surface area contributed by atoms with Crippen molar-refractivity contribution in [3.63, 3.8) is 0 Å². The molecule has 0 N–H and O–H groups in total. The van der Waals surface area contributed by atoms with Gasteiger partial charge in [0.1, 0.15) is 0 Å². The van der Waals surface area contributed by atoms with Gasteiger partial charge in [0.25, 0.3) is 0 Å². The molecule has 2 heterocycles. The number of hydrogen-bond donors (Lipinski definition) is 0. The van der Waals surface area contributed by atoms with Crippen molar-refractivity contribution in [1.29, 1.82) is 0 Å². The van der Waals surface area contributed by atoms with Gasteiger partial charge in [0.2, 0.25) is 0 Å². The Kier molecular flexibility index (Phi) is 0.720. The minimum atomic E-state index is 1.09. The van der Waals surface area contributed by atoms with Crippen molar-refractivity contribution in [2.24, 2.45) is 0 Å². The van der Waals surface area contributed by atoms with E-state index in [0.29, 0.717) is 0 Å². The van der Waals surface area contributed by atoms with E-state index < -0.39 is 0 Å². The summed E-state index contributed by atoms with van der Waals surface area (Å²) in [5, 5.41) is 0. The molecule has 0 unspecified atom stereocenters. The van der Waals surface area contributed by atoms with Crippen LogP contribution in [0.3, 0.4) is 0 Å². The van der Waals surface area contributed by atoms with Gasteiger partial charge >= 0.3 is 0 Å². The van der Waals surface area contributed by atoms with Crippen LogP contribution in [0.15, 0.2) is 23.9 Å². The van der Waals surface area contributed by atoms with Gasteiger partial charge in [-0.25, -0.2) is 0 Å². The van der Waals surface area contributed by atoms with Gasteiger partial charge in [-0.2, -0.15) is 0 Å². The Balaban J connectivity index is 2.31. The Hall–Kier alpha value is -0.720. The van der Waals surface area contributed by atoms with Crippen molar-refractivity contribution in [1.82, 2.24) is 4.90 Å². The molecule has 1 nitrogen and oxygen atoms in total. The lowest BCUT2D eigenvalue weighted by Gasteiger charge is -2.10. The smallest absolute Gasteiger partial charge is 0.0535 e. The summed E-state index contributed by atoms with van der Waals surface area (Å²) in [4.78, 5) is 2.26. The van der Waals surface area contributed by atoms with Gasteiger partial charge in [0.05, 0.1) is 6.54 Å². The highest BCUT2D eigenvalue weighted by Crippen LogP contribution is 2.22. The highest BCUT2D eigenvalue weighted by Gasteiger charge is 2.14. The molecule has 0 atom stereocenters. The zero-order valence-electron chi connectivity index (χ0n) is 4.67. The third kappa shape index (κ3) is 0.414. The second kappa shape index (κ2) is 1.38. The minimum absolute atomic E-state index is 1.09. The maximum absolute atomic E-state index is 2.26. The zero-order valence-corrected chi connectivity index (χ0v) is 4.67. The van der Waals surface area contributed by atoms with Crippen LogP contribution in [0.4, 0.5) is 0 Å². The van der Waals surface area contributed by atoms with Gasteiger partial charge in [0.15, 0.2) is 0 Å². The fourth-order valence-corrected chi connectivity index (χ4v) is 1.15. The maximum atomic E-state index is 2.26. The topological polar surface area (TPSA) is 3.24 Å². The molecule has 0 spiro atoms. The number of hydrogen-bond acceptors (Lipinski definition) is 1. The van der Waals surface area contributed by atoms with E-state index in [4.69, 9.17) is 0 Å². The number of rotatable bonds is 0. The molecular formula is C7H8N. The van der Waals surface area contributed by atoms with E-state index in [1.54, 1.807) is 0 Å². The van der Waals surface area contributed by atoms with Crippen LogP contribution in [-0.2, 0) is 0 Å². The number of fused-ring (bicyclic) bond motifs is 1. The van der Waals surface area contributed by atoms with Gasteiger partial charge in [-0.1, -0.05) is 12.2 Å². The van der Waals surface area contributed by atoms with Crippen LogP contribution in [0.1, 0.15) is 6.42 Å². The van der Waals surface area contributed by atoms with Crippen LogP contribution in [0.5, 0.6) is 0 Å². The van der Waals surface area contributed by atoms with Crippen molar-refractivity contribution in [3.8, 4) is 0 Å². The van der Waals surface area contributed by atoms with Crippen molar-refractivity contribution >= 4 is 0 Å². The van der Waals surface area contributed by atoms with Crippen LogP contribution in [0.25, 0.3) is 0 Å². The van der Waals surface area contributed by atoms with E-state index in [0.717, 1.165) is 13.0 Å². The Labute approximate surface area is 49.3 Å². The zero-order chi connectivity index (χ0) is 5.40. The average molecular weight is 106 g/mol. The quantitative estimate of drug-likeness (QED) is 0.450. The molecule has 0 aromatic carbocycles. The van der Waals surface area contributed by atoms with Crippen LogP contribution in [0, 0.1) is 6.54 Å². The normalized spacial score (nSPS) is 24.0. The molecule has 41 valence electrons. The fourth-order valence-electron chi connectivity index (χ4n) is 1.15. The summed E-state index contributed by atoms with van der Waals surface area (Å²) in [5.41, 5.74) is 1.38. The highest BCUT2D eigenvalue weighted by molar-refractivity contribution is 5.29. The summed E-state index contributed by atoms with van der Waals surface area (Å²) in [6.45, 7) is 3.31. The third-order valence-corrected chi connectivity index (χ3v) is 1.58. The monoisotopic (exact) mass is 106 g/mol. The highest BCUT2D eigenvalue weighted by atomic mass is 15.2. The molecule has 0 aromatic rings. The van der Waals surface area contributed by atoms with Crippen molar-refractivity contribution in [2.75, 3.05) is 6.54 Å². The third-order valence-electron chi connectivity index (χ3n) is 1.58. The van der Waals surface area contributed by atoms with Gasteiger partial charge < -0.3 is 4.90 Å². The number of nitrogens with zero attached hydrogens (tertiary/aromatic N) is 1. The Morgan fingerprint density at radius 3 is 3.38 bits per heavy atom. The molecule has 0 fully saturated rings. The van der Waals surface area contributed by atoms with Gasteiger partial charge in [-0.3, -0.25) is 0 Å². The predicted molar refractivity (Wildman–Crippen MR) is 32.8 cm³/mol. The first-order valence-electron chi connectivity index (χ1n) is 2.93. The summed E-state index contributed by atoms with van der Waals surface area (Å²) in [7, 11) is 0. The van der Waals surface area contributed by atoms with Crippen LogP contribution in [-0.4, -0.2) is 11.4 Å². The summed E-state index contributed by atoms with van der Waals surface area (Å²) in [6, 6.07) is 0. The molecule has 8 heavy (non-hydrogen) atoms. The molecule has 0 saturated heterocycles. The lowest BCUT2D eigenvalue weighted by Crippen LogP contribution is -2.08. The Morgan fingerprint density at radius 2 is 2.50 bits per heavy atom. The molecule has 2 rings (SSSR count). The first-order valence-corrected chi connectivity index (χ1v) is 2.93. The van der Waals surface area contributed by atoms with Gasteiger partial charge in [0, 0.05) is 12.2 Å². The largest absolute Gasteiger partial charge is 0.363 e. The van der Waals surface area contributed by atoms with E-state index in [1.807, 2.05) is 0 Å². The van der Waals surface area contributed by atoms with Gasteiger partial charge in [-0.15, -0.1) is 0 Å². The molecule has 0 saturated carbocycles. The summed E-state index contributed by atoms with van der Waals surface area (Å²) in [6.07, 6.45) is 7.72. The second-order valence-electron chi connectivity index (χ2n) is 2.10. The SMILES string of the molecule is [CH]1CC=C2C=CCN12. The van der Waals surface area contributed by atoms with Crippen molar-refractivity contribution in [2.45, 2.75) is 6.42 Å². The van der Waals surface area contributed by atoms with Crippen molar-refractivity contribution < 1.29 is 0 Å². The Bertz CT molecular complexity index is 156. The molecule has 0 bridgehead atoms. The lowest BCUT2D eigenvalue weighted by atomic mass is 10.4. The van der Waals surface area contributed by atoms with Gasteiger partial charge in [-0.05, 0) is 12.5 Å². The van der Waals surface area contributed by atoms with Crippen LogP contribution in [0.2, 0.25) is 0 Å². The molecule has 0 aliphatic carbocycles. The second-order valence-corrected chi connectivity index (χ2v) is 2.10. The minimum Gasteiger partial charge on any atom is -0.363 e. The first kappa shape index (κ1) is 4.19. The standard InChI is InChI=1S/C7H8N/c1-3-7-4-2-6-8(7)5-1/h1,3-4,6H,2,5H2. The Morgan fingerprint density at radius 1 is 1.50 bits per heavy atom. The molecule has 1 heteroatoms. The fraction of sp³-hybridized carbons (Fsp3) is 0.286. The van der Waals surface area contributed by atoms with E-state index in [9.17, 15) is 0 Å². The molecular weight excluding hydrogens is 98.1 g/mol. The molecule has 1 radical (unpaired) electrons. The maximum Gasteiger partial charge on any atom is 0.0535 e. The lowest BCUT2D eigenvalue weighted by molar-refractivity contribution is 0.514. The van der Waals surface area contributed by atoms with Crippen LogP contribution >= 0.6 is 0 Å². The average Bonchev–Trinajstić information content (AvgIpc) is 2.15. The van der Waals surface area contributed by atoms with E-state index >= 15 is 0 Å². The van der Waals surface area contributed by atoms with Crippen molar-refractivity contribution in [3.05, 3.63) is 30.5 Å². The first-order chi connectivity index (χ1) is 3.97. The van der Waals surface area contributed by atoms with Crippen LogP contribution < -0.4 is 0 Å². The number of allylic oxidation sites excluding steroid dienone is 1. The van der Waals surface area contributed by atoms with E-state index in [1.165, 1.54) is 5.70 Å². The molecule has 0 amide bonds.